The van der Waals surface area contributed by atoms with Crippen LogP contribution in [-0.2, 0) is 4.79 Å². The van der Waals surface area contributed by atoms with Crippen molar-refractivity contribution < 1.29 is 4.79 Å². The third-order valence-electron chi connectivity index (χ3n) is 4.44. The van der Waals surface area contributed by atoms with Crippen LogP contribution in [0.4, 0.5) is 0 Å². The van der Waals surface area contributed by atoms with Crippen molar-refractivity contribution in [3.8, 4) is 0 Å². The van der Waals surface area contributed by atoms with E-state index in [2.05, 4.69) is 30.4 Å². The van der Waals surface area contributed by atoms with Gasteiger partial charge in [-0.2, -0.15) is 0 Å². The molecule has 19 heavy (non-hydrogen) atoms. The molecule has 0 aliphatic heterocycles. The topological polar surface area (TPSA) is 55.1 Å². The van der Waals surface area contributed by atoms with Crippen LogP contribution in [0.2, 0.25) is 0 Å². The Bertz CT molecular complexity index is 472. The number of carbonyl (C=O) groups excluding carboxylic acids is 1. The first-order chi connectivity index (χ1) is 8.93. The quantitative estimate of drug-likeness (QED) is 0.878. The van der Waals surface area contributed by atoms with Crippen LogP contribution in [0.15, 0.2) is 24.3 Å². The fourth-order valence-electron chi connectivity index (χ4n) is 2.86. The van der Waals surface area contributed by atoms with E-state index in [1.165, 1.54) is 5.56 Å². The van der Waals surface area contributed by atoms with Gasteiger partial charge in [0, 0.05) is 6.04 Å². The Hall–Kier alpha value is -1.35. The summed E-state index contributed by atoms with van der Waals surface area (Å²) >= 11 is 0. The molecule has 104 valence electrons. The maximum Gasteiger partial charge on any atom is 0.227 e. The lowest BCUT2D eigenvalue weighted by molar-refractivity contribution is -0.131. The molecule has 3 N–H and O–H groups in total. The van der Waals surface area contributed by atoms with Gasteiger partial charge in [-0.1, -0.05) is 36.2 Å². The van der Waals surface area contributed by atoms with Crippen molar-refractivity contribution in [1.82, 2.24) is 5.32 Å². The van der Waals surface area contributed by atoms with E-state index in [1.54, 1.807) is 0 Å². The SMILES string of the molecule is Cc1cccc([C@H](C)NC(=O)C2(C)CCCC2N)c1. The zero-order valence-corrected chi connectivity index (χ0v) is 12.1. The van der Waals surface area contributed by atoms with E-state index >= 15 is 0 Å². The van der Waals surface area contributed by atoms with Crippen LogP contribution in [0.5, 0.6) is 0 Å². The molecular weight excluding hydrogens is 236 g/mol. The van der Waals surface area contributed by atoms with Gasteiger partial charge in [-0.05, 0) is 39.2 Å². The second-order valence-corrected chi connectivity index (χ2v) is 6.03. The summed E-state index contributed by atoms with van der Waals surface area (Å²) < 4.78 is 0. The minimum Gasteiger partial charge on any atom is -0.349 e. The summed E-state index contributed by atoms with van der Waals surface area (Å²) in [7, 11) is 0. The van der Waals surface area contributed by atoms with E-state index in [1.807, 2.05) is 19.9 Å². The minimum atomic E-state index is -0.405. The fraction of sp³-hybridized carbons (Fsp3) is 0.562. The van der Waals surface area contributed by atoms with Gasteiger partial charge >= 0.3 is 0 Å². The Morgan fingerprint density at radius 1 is 1.53 bits per heavy atom. The normalized spacial score (nSPS) is 28.1. The monoisotopic (exact) mass is 260 g/mol. The number of nitrogens with one attached hydrogen (secondary N) is 1. The summed E-state index contributed by atoms with van der Waals surface area (Å²) in [6, 6.07) is 8.26. The van der Waals surface area contributed by atoms with E-state index < -0.39 is 5.41 Å². The minimum absolute atomic E-state index is 0.0165. The predicted molar refractivity (Wildman–Crippen MR) is 77.7 cm³/mol. The van der Waals surface area contributed by atoms with Gasteiger partial charge in [0.25, 0.3) is 0 Å². The molecule has 0 heterocycles. The fourth-order valence-corrected chi connectivity index (χ4v) is 2.86. The highest BCUT2D eigenvalue weighted by molar-refractivity contribution is 5.83. The van der Waals surface area contributed by atoms with Gasteiger partial charge in [-0.15, -0.1) is 0 Å². The van der Waals surface area contributed by atoms with Gasteiger partial charge in [0.2, 0.25) is 5.91 Å². The van der Waals surface area contributed by atoms with E-state index in [4.69, 9.17) is 5.73 Å². The first-order valence-corrected chi connectivity index (χ1v) is 7.06. The summed E-state index contributed by atoms with van der Waals surface area (Å²) in [6.07, 6.45) is 2.88. The van der Waals surface area contributed by atoms with Crippen LogP contribution in [-0.4, -0.2) is 11.9 Å². The molecule has 3 atom stereocenters. The highest BCUT2D eigenvalue weighted by atomic mass is 16.2. The van der Waals surface area contributed by atoms with Gasteiger partial charge in [0.05, 0.1) is 11.5 Å². The Balaban J connectivity index is 2.07. The van der Waals surface area contributed by atoms with Crippen LogP contribution < -0.4 is 11.1 Å². The number of hydrogen-bond donors (Lipinski definition) is 2. The molecule has 0 saturated heterocycles. The number of aryl methyl sites for hydroxylation is 1. The zero-order valence-electron chi connectivity index (χ0n) is 12.1. The number of nitrogens with two attached hydrogens (primary N) is 1. The Morgan fingerprint density at radius 2 is 2.26 bits per heavy atom. The lowest BCUT2D eigenvalue weighted by Crippen LogP contribution is -2.47. The maximum atomic E-state index is 12.5. The highest BCUT2D eigenvalue weighted by Crippen LogP contribution is 2.37. The standard InChI is InChI=1S/C16H24N2O/c1-11-6-4-7-13(10-11)12(2)18-15(19)16(3)9-5-8-14(16)17/h4,6-7,10,12,14H,5,8-9,17H2,1-3H3,(H,18,19)/t12-,14?,16?/m0/s1. The molecular formula is C16H24N2O. The van der Waals surface area contributed by atoms with Gasteiger partial charge in [0.1, 0.15) is 0 Å². The molecule has 1 amide bonds. The van der Waals surface area contributed by atoms with Crippen molar-refractivity contribution in [3.05, 3.63) is 35.4 Å². The number of carbonyl (C=O) groups is 1. The summed E-state index contributed by atoms with van der Waals surface area (Å²) in [6.45, 7) is 6.08. The number of hydrogen-bond acceptors (Lipinski definition) is 2. The summed E-state index contributed by atoms with van der Waals surface area (Å²) in [4.78, 5) is 12.5. The maximum absolute atomic E-state index is 12.5. The van der Waals surface area contributed by atoms with Crippen LogP contribution in [0.3, 0.4) is 0 Å². The molecule has 0 aromatic heterocycles. The van der Waals surface area contributed by atoms with Crippen molar-refractivity contribution in [2.45, 2.75) is 52.1 Å². The third-order valence-corrected chi connectivity index (χ3v) is 4.44. The molecule has 1 saturated carbocycles. The summed E-state index contributed by atoms with van der Waals surface area (Å²) in [5.74, 6) is 0.0894. The highest BCUT2D eigenvalue weighted by Gasteiger charge is 2.43. The molecule has 0 bridgehead atoms. The molecule has 2 rings (SSSR count). The van der Waals surface area contributed by atoms with Crippen LogP contribution >= 0.6 is 0 Å². The van der Waals surface area contributed by atoms with Crippen LogP contribution in [0.1, 0.15) is 50.3 Å². The van der Waals surface area contributed by atoms with Crippen molar-refractivity contribution in [1.29, 1.82) is 0 Å². The van der Waals surface area contributed by atoms with Crippen molar-refractivity contribution in [3.63, 3.8) is 0 Å². The van der Waals surface area contributed by atoms with E-state index in [0.29, 0.717) is 0 Å². The molecule has 1 aromatic carbocycles. The zero-order chi connectivity index (χ0) is 14.0. The Kier molecular flexibility index (Phi) is 3.95. The van der Waals surface area contributed by atoms with Crippen molar-refractivity contribution in [2.24, 2.45) is 11.1 Å². The summed E-state index contributed by atoms with van der Waals surface area (Å²) in [5, 5.41) is 3.12. The average Bonchev–Trinajstić information content (AvgIpc) is 2.71. The predicted octanol–water partition coefficient (Wildman–Crippen LogP) is 2.69. The molecule has 2 unspecified atom stereocenters. The number of amides is 1. The van der Waals surface area contributed by atoms with Crippen molar-refractivity contribution >= 4 is 5.91 Å². The molecule has 3 nitrogen and oxygen atoms in total. The van der Waals surface area contributed by atoms with E-state index in [0.717, 1.165) is 24.8 Å². The Morgan fingerprint density at radius 3 is 2.84 bits per heavy atom. The molecule has 1 fully saturated rings. The average molecular weight is 260 g/mol. The first kappa shape index (κ1) is 14.1. The van der Waals surface area contributed by atoms with Crippen molar-refractivity contribution in [2.75, 3.05) is 0 Å². The lowest BCUT2D eigenvalue weighted by atomic mass is 9.84. The molecule has 1 aliphatic rings. The van der Waals surface area contributed by atoms with E-state index in [9.17, 15) is 4.79 Å². The second kappa shape index (κ2) is 5.33. The van der Waals surface area contributed by atoms with Gasteiger partial charge in [0.15, 0.2) is 0 Å². The van der Waals surface area contributed by atoms with Gasteiger partial charge in [-0.3, -0.25) is 4.79 Å². The molecule has 0 radical (unpaired) electrons. The summed E-state index contributed by atoms with van der Waals surface area (Å²) in [5.41, 5.74) is 8.04. The number of benzene rings is 1. The third kappa shape index (κ3) is 2.81. The van der Waals surface area contributed by atoms with Crippen LogP contribution in [0.25, 0.3) is 0 Å². The molecule has 0 spiro atoms. The molecule has 1 aromatic rings. The van der Waals surface area contributed by atoms with E-state index in [-0.39, 0.29) is 18.0 Å². The Labute approximate surface area is 115 Å². The van der Waals surface area contributed by atoms with Gasteiger partial charge in [-0.25, -0.2) is 0 Å². The second-order valence-electron chi connectivity index (χ2n) is 6.03. The smallest absolute Gasteiger partial charge is 0.227 e. The van der Waals surface area contributed by atoms with Crippen LogP contribution in [0, 0.1) is 12.3 Å². The lowest BCUT2D eigenvalue weighted by Gasteiger charge is -2.29. The first-order valence-electron chi connectivity index (χ1n) is 7.06. The molecule has 1 aliphatic carbocycles. The van der Waals surface area contributed by atoms with Gasteiger partial charge < -0.3 is 11.1 Å². The number of rotatable bonds is 3. The largest absolute Gasteiger partial charge is 0.349 e. The molecule has 3 heteroatoms.